The van der Waals surface area contributed by atoms with Gasteiger partial charge in [0, 0.05) is 25.6 Å². The summed E-state index contributed by atoms with van der Waals surface area (Å²) in [6.45, 7) is 7.12. The number of aryl methyl sites for hydroxylation is 1. The topological polar surface area (TPSA) is 102 Å². The van der Waals surface area contributed by atoms with Crippen LogP contribution in [0, 0.1) is 6.92 Å². The molecule has 1 amide bonds. The van der Waals surface area contributed by atoms with Crippen molar-refractivity contribution in [2.45, 2.75) is 46.7 Å². The number of carbonyl (C=O) groups is 1. The van der Waals surface area contributed by atoms with Crippen LogP contribution in [0.2, 0.25) is 0 Å². The predicted octanol–water partition coefficient (Wildman–Crippen LogP) is 2.89. The number of rotatable bonds is 10. The Morgan fingerprint density at radius 2 is 1.69 bits per heavy atom. The van der Waals surface area contributed by atoms with Crippen molar-refractivity contribution in [3.05, 3.63) is 68.4 Å². The van der Waals surface area contributed by atoms with E-state index in [1.807, 2.05) is 45.0 Å². The zero-order valence-electron chi connectivity index (χ0n) is 18.7. The van der Waals surface area contributed by atoms with Crippen LogP contribution in [0.25, 0.3) is 10.9 Å². The molecule has 0 bridgehead atoms. The van der Waals surface area contributed by atoms with E-state index in [4.69, 9.17) is 9.47 Å². The van der Waals surface area contributed by atoms with Crippen molar-refractivity contribution in [2.75, 3.05) is 13.2 Å². The van der Waals surface area contributed by atoms with E-state index in [1.165, 1.54) is 0 Å². The molecule has 0 aliphatic rings. The maximum absolute atomic E-state index is 12.9. The summed E-state index contributed by atoms with van der Waals surface area (Å²) >= 11 is 0. The Morgan fingerprint density at radius 1 is 1.03 bits per heavy atom. The Labute approximate surface area is 186 Å². The van der Waals surface area contributed by atoms with Crippen LogP contribution in [-0.2, 0) is 17.9 Å². The van der Waals surface area contributed by atoms with Crippen LogP contribution in [0.4, 0.5) is 0 Å². The number of nitrogens with one attached hydrogen (secondary N) is 2. The fraction of sp³-hybridized carbons (Fsp3) is 0.375. The summed E-state index contributed by atoms with van der Waals surface area (Å²) < 4.78 is 12.3. The maximum atomic E-state index is 12.9. The lowest BCUT2D eigenvalue weighted by Gasteiger charge is -2.13. The fourth-order valence-electron chi connectivity index (χ4n) is 3.39. The minimum absolute atomic E-state index is 0.129. The lowest BCUT2D eigenvalue weighted by atomic mass is 10.1. The number of benzene rings is 2. The van der Waals surface area contributed by atoms with Gasteiger partial charge in [0.1, 0.15) is 0 Å². The Hall–Kier alpha value is -3.55. The van der Waals surface area contributed by atoms with E-state index in [-0.39, 0.29) is 18.9 Å². The molecule has 0 atom stereocenters. The Bertz CT molecular complexity index is 1200. The molecule has 170 valence electrons. The molecule has 0 aliphatic carbocycles. The molecule has 2 aromatic carbocycles. The molecular weight excluding hydrogens is 410 g/mol. The van der Waals surface area contributed by atoms with Crippen molar-refractivity contribution < 1.29 is 14.3 Å². The standard InChI is InChI=1S/C24H29N3O5/c1-4-31-20-13-18-19(14-21(20)32-5-2)26-24(30)27(23(18)29)12-6-7-22(28)25-15-17-10-8-16(3)9-11-17/h8-11,13-14H,4-7,12,15H2,1-3H3,(H,25,28)(H,26,30). The van der Waals surface area contributed by atoms with E-state index >= 15 is 0 Å². The average molecular weight is 440 g/mol. The highest BCUT2D eigenvalue weighted by Gasteiger charge is 2.14. The monoisotopic (exact) mass is 439 g/mol. The summed E-state index contributed by atoms with van der Waals surface area (Å²) in [6, 6.07) is 11.1. The molecule has 8 heteroatoms. The first-order valence-electron chi connectivity index (χ1n) is 10.8. The first kappa shape index (κ1) is 23.1. The van der Waals surface area contributed by atoms with E-state index < -0.39 is 11.2 Å². The third kappa shape index (κ3) is 5.57. The smallest absolute Gasteiger partial charge is 0.328 e. The van der Waals surface area contributed by atoms with Gasteiger partial charge < -0.3 is 19.8 Å². The molecule has 0 saturated heterocycles. The summed E-state index contributed by atoms with van der Waals surface area (Å²) in [6.07, 6.45) is 0.576. The summed E-state index contributed by atoms with van der Waals surface area (Å²) in [4.78, 5) is 40.3. The van der Waals surface area contributed by atoms with Crippen LogP contribution in [0.3, 0.4) is 0 Å². The third-order valence-electron chi connectivity index (χ3n) is 5.04. The zero-order valence-corrected chi connectivity index (χ0v) is 18.7. The molecule has 0 spiro atoms. The predicted molar refractivity (Wildman–Crippen MR) is 123 cm³/mol. The number of aromatic amines is 1. The van der Waals surface area contributed by atoms with Gasteiger partial charge in [-0.15, -0.1) is 0 Å². The second-order valence-electron chi connectivity index (χ2n) is 7.46. The van der Waals surface area contributed by atoms with E-state index in [9.17, 15) is 14.4 Å². The second-order valence-corrected chi connectivity index (χ2v) is 7.46. The van der Waals surface area contributed by atoms with Gasteiger partial charge in [-0.05, 0) is 38.8 Å². The maximum Gasteiger partial charge on any atom is 0.328 e. The molecule has 2 N–H and O–H groups in total. The SMILES string of the molecule is CCOc1cc2[nH]c(=O)n(CCCC(=O)NCc3ccc(C)cc3)c(=O)c2cc1OCC. The van der Waals surface area contributed by atoms with Crippen molar-refractivity contribution >= 4 is 16.8 Å². The number of aromatic nitrogens is 2. The number of ether oxygens (including phenoxy) is 2. The van der Waals surface area contributed by atoms with E-state index in [1.54, 1.807) is 12.1 Å². The number of carbonyl (C=O) groups excluding carboxylic acids is 1. The van der Waals surface area contributed by atoms with E-state index in [0.29, 0.717) is 48.6 Å². The average Bonchev–Trinajstić information content (AvgIpc) is 2.77. The van der Waals surface area contributed by atoms with Crippen LogP contribution >= 0.6 is 0 Å². The number of H-pyrrole nitrogens is 1. The Kier molecular flexibility index (Phi) is 7.70. The zero-order chi connectivity index (χ0) is 23.1. The lowest BCUT2D eigenvalue weighted by Crippen LogP contribution is -2.35. The summed E-state index contributed by atoms with van der Waals surface area (Å²) in [5.41, 5.74) is 1.62. The lowest BCUT2D eigenvalue weighted by molar-refractivity contribution is -0.121. The van der Waals surface area contributed by atoms with Crippen molar-refractivity contribution in [1.29, 1.82) is 0 Å². The quantitative estimate of drug-likeness (QED) is 0.506. The van der Waals surface area contributed by atoms with Crippen LogP contribution in [-0.4, -0.2) is 28.7 Å². The van der Waals surface area contributed by atoms with Gasteiger partial charge in [-0.1, -0.05) is 29.8 Å². The first-order valence-corrected chi connectivity index (χ1v) is 10.8. The van der Waals surface area contributed by atoms with E-state index in [0.717, 1.165) is 15.7 Å². The molecule has 32 heavy (non-hydrogen) atoms. The first-order chi connectivity index (χ1) is 15.4. The van der Waals surface area contributed by atoms with Gasteiger partial charge in [0.2, 0.25) is 5.91 Å². The fourth-order valence-corrected chi connectivity index (χ4v) is 3.39. The number of amides is 1. The number of hydrogen-bond donors (Lipinski definition) is 2. The molecule has 0 radical (unpaired) electrons. The molecule has 3 rings (SSSR count). The third-order valence-corrected chi connectivity index (χ3v) is 5.04. The van der Waals surface area contributed by atoms with Gasteiger partial charge in [0.15, 0.2) is 11.5 Å². The van der Waals surface area contributed by atoms with E-state index in [2.05, 4.69) is 10.3 Å². The van der Waals surface area contributed by atoms with Crippen molar-refractivity contribution in [3.63, 3.8) is 0 Å². The van der Waals surface area contributed by atoms with Gasteiger partial charge in [0.05, 0.1) is 24.1 Å². The van der Waals surface area contributed by atoms with Gasteiger partial charge in [0.25, 0.3) is 5.56 Å². The molecule has 8 nitrogen and oxygen atoms in total. The van der Waals surface area contributed by atoms with Gasteiger partial charge >= 0.3 is 5.69 Å². The van der Waals surface area contributed by atoms with Crippen molar-refractivity contribution in [2.24, 2.45) is 0 Å². The van der Waals surface area contributed by atoms with Crippen LogP contribution in [0.1, 0.15) is 37.8 Å². The highest BCUT2D eigenvalue weighted by atomic mass is 16.5. The van der Waals surface area contributed by atoms with Gasteiger partial charge in [-0.25, -0.2) is 4.79 Å². The highest BCUT2D eigenvalue weighted by Crippen LogP contribution is 2.30. The normalized spacial score (nSPS) is 10.8. The Morgan fingerprint density at radius 3 is 2.34 bits per heavy atom. The van der Waals surface area contributed by atoms with Crippen molar-refractivity contribution in [3.8, 4) is 11.5 Å². The van der Waals surface area contributed by atoms with Crippen LogP contribution in [0.5, 0.6) is 11.5 Å². The number of hydrogen-bond acceptors (Lipinski definition) is 5. The van der Waals surface area contributed by atoms with Crippen molar-refractivity contribution in [1.82, 2.24) is 14.9 Å². The molecular formula is C24H29N3O5. The van der Waals surface area contributed by atoms with Gasteiger partial charge in [-0.2, -0.15) is 0 Å². The molecule has 1 heterocycles. The largest absolute Gasteiger partial charge is 0.490 e. The molecule has 3 aromatic rings. The molecule has 1 aromatic heterocycles. The molecule has 0 fully saturated rings. The number of fused-ring (bicyclic) bond motifs is 1. The summed E-state index contributed by atoms with van der Waals surface area (Å²) in [5, 5.41) is 3.19. The molecule has 0 saturated carbocycles. The number of nitrogens with zero attached hydrogens (tertiary/aromatic N) is 1. The minimum atomic E-state index is -0.519. The second kappa shape index (κ2) is 10.7. The van der Waals surface area contributed by atoms with Crippen LogP contribution < -0.4 is 26.0 Å². The molecule has 0 unspecified atom stereocenters. The Balaban J connectivity index is 1.69. The van der Waals surface area contributed by atoms with Gasteiger partial charge in [-0.3, -0.25) is 14.2 Å². The molecule has 0 aliphatic heterocycles. The summed E-state index contributed by atoms with van der Waals surface area (Å²) in [5.74, 6) is 0.795. The summed E-state index contributed by atoms with van der Waals surface area (Å²) in [7, 11) is 0. The minimum Gasteiger partial charge on any atom is -0.490 e. The van der Waals surface area contributed by atoms with Crippen LogP contribution in [0.15, 0.2) is 46.0 Å². The highest BCUT2D eigenvalue weighted by molar-refractivity contribution is 5.81.